The maximum Gasteiger partial charge on any atom is 0.118 e. The van der Waals surface area contributed by atoms with E-state index in [0.29, 0.717) is 35.6 Å². The van der Waals surface area contributed by atoms with E-state index in [2.05, 4.69) is 56.1 Å². The van der Waals surface area contributed by atoms with E-state index in [1.165, 1.54) is 19.3 Å². The molecule has 0 amide bonds. The van der Waals surface area contributed by atoms with Gasteiger partial charge in [-0.05, 0) is 80.0 Å². The molecule has 0 radical (unpaired) electrons. The maximum atomic E-state index is 13.4. The van der Waals surface area contributed by atoms with Crippen molar-refractivity contribution in [2.45, 2.75) is 66.8 Å². The summed E-state index contributed by atoms with van der Waals surface area (Å²) >= 11 is 0. The summed E-state index contributed by atoms with van der Waals surface area (Å²) in [5.41, 5.74) is 0.248. The van der Waals surface area contributed by atoms with Crippen molar-refractivity contribution in [3.8, 4) is 0 Å². The Morgan fingerprint density at radius 3 is 2.39 bits per heavy atom. The van der Waals surface area contributed by atoms with Gasteiger partial charge in [-0.25, -0.2) is 4.39 Å². The van der Waals surface area contributed by atoms with Crippen LogP contribution >= 0.6 is 0 Å². The van der Waals surface area contributed by atoms with Gasteiger partial charge in [-0.3, -0.25) is 0 Å². The van der Waals surface area contributed by atoms with E-state index >= 15 is 0 Å². The number of hydrogen-bond acceptors (Lipinski definition) is 3. The second kappa shape index (κ2) is 18.2. The number of nitrogens with zero attached hydrogens (tertiary/aromatic N) is 1. The number of piperidine rings is 1. The van der Waals surface area contributed by atoms with Crippen LogP contribution in [0.15, 0.2) is 36.2 Å². The predicted molar refractivity (Wildman–Crippen MR) is 150 cm³/mol. The smallest absolute Gasteiger partial charge is 0.118 e. The summed E-state index contributed by atoms with van der Waals surface area (Å²) in [6, 6.07) is 0.519. The molecule has 1 aliphatic heterocycles. The van der Waals surface area contributed by atoms with Crippen molar-refractivity contribution in [3.05, 3.63) is 36.2 Å². The van der Waals surface area contributed by atoms with Crippen LogP contribution in [0.1, 0.15) is 60.8 Å². The van der Waals surface area contributed by atoms with Gasteiger partial charge in [-0.2, -0.15) is 0 Å². The summed E-state index contributed by atoms with van der Waals surface area (Å²) in [5.74, 6) is 2.93. The van der Waals surface area contributed by atoms with Crippen LogP contribution in [0.3, 0.4) is 0 Å². The topological polar surface area (TPSA) is 150 Å². The number of nitrogens with one attached hydrogen (secondary N) is 1. The molecule has 1 fully saturated rings. The van der Waals surface area contributed by atoms with Crippen molar-refractivity contribution in [3.63, 3.8) is 0 Å². The van der Waals surface area contributed by atoms with E-state index in [-0.39, 0.29) is 40.6 Å². The minimum atomic E-state index is -0.0701. The lowest BCUT2D eigenvalue weighted by molar-refractivity contribution is 0.0246. The zero-order valence-electron chi connectivity index (χ0n) is 22.4. The molecule has 0 bridgehead atoms. The number of hydrogen-bond donors (Lipinski definition) is 1. The Labute approximate surface area is 219 Å². The molecule has 9 N–H and O–H groups in total. The van der Waals surface area contributed by atoms with Crippen LogP contribution in [0.2, 0.25) is 0 Å². The fourth-order valence-electron chi connectivity index (χ4n) is 6.02. The number of halogens is 1. The highest BCUT2D eigenvalue weighted by molar-refractivity contribution is 5.19. The summed E-state index contributed by atoms with van der Waals surface area (Å²) in [4.78, 5) is 2.67. The van der Waals surface area contributed by atoms with Crippen molar-refractivity contribution < 1.29 is 31.0 Å². The fourth-order valence-corrected chi connectivity index (χ4v) is 6.02. The van der Waals surface area contributed by atoms with Gasteiger partial charge >= 0.3 is 0 Å². The van der Waals surface area contributed by atoms with Crippen molar-refractivity contribution in [2.75, 3.05) is 39.9 Å². The quantitative estimate of drug-likeness (QED) is 0.465. The zero-order chi connectivity index (χ0) is 22.4. The van der Waals surface area contributed by atoms with Gasteiger partial charge in [-0.15, -0.1) is 0 Å². The van der Waals surface area contributed by atoms with Crippen LogP contribution in [-0.2, 0) is 4.74 Å². The first kappa shape index (κ1) is 39.4. The van der Waals surface area contributed by atoms with Gasteiger partial charge in [0.15, 0.2) is 0 Å². The Hall–Kier alpha value is -1.13. The molecule has 1 heterocycles. The summed E-state index contributed by atoms with van der Waals surface area (Å²) in [6.45, 7) is 14.8. The molecule has 4 unspecified atom stereocenters. The Morgan fingerprint density at radius 2 is 1.83 bits per heavy atom. The van der Waals surface area contributed by atoms with Gasteiger partial charge < -0.3 is 36.9 Å². The number of ether oxygens (including phenoxy) is 1. The molecule has 0 saturated carbocycles. The van der Waals surface area contributed by atoms with Crippen LogP contribution in [0.5, 0.6) is 0 Å². The average Bonchev–Trinajstić information content (AvgIpc) is 2.72. The lowest BCUT2D eigenvalue weighted by Gasteiger charge is -2.48. The van der Waals surface area contributed by atoms with Crippen molar-refractivity contribution in [2.24, 2.45) is 35.0 Å². The SMILES string of the molecule is C.COCC1C=CCC(CN[C@@H](CN2CCC(C3C=CC(F)=CC3)C(C)(C)C2)C(C)C)C1.O.O.O.O. The monoisotopic (exact) mass is 520 g/mol. The van der Waals surface area contributed by atoms with Crippen LogP contribution in [-0.4, -0.2) is 72.7 Å². The van der Waals surface area contributed by atoms with Gasteiger partial charge in [0.05, 0.1) is 6.61 Å². The standard InChI is InChI=1S/C27H45FN2O.CH4.4H2O/c1-20(2)26(29-16-21-7-6-8-22(15-21)18-31-5)17-30-14-13-25(27(3,4)19-30)23-9-11-24(28)12-10-23;;;;;/h6,8-9,11-12,20-23,25-26,29H,7,10,13-19H2,1-5H3;1H4;4*1H2/t21?,22?,23?,25?,26-;;;;;/m0...../s1. The average molecular weight is 521 g/mol. The Morgan fingerprint density at radius 1 is 1.14 bits per heavy atom. The molecule has 0 aromatic rings. The third kappa shape index (κ3) is 11.1. The van der Waals surface area contributed by atoms with Crippen molar-refractivity contribution >= 4 is 0 Å². The molecular weight excluding hydrogens is 463 g/mol. The van der Waals surface area contributed by atoms with Crippen LogP contribution in [0.25, 0.3) is 0 Å². The molecule has 0 aromatic heterocycles. The first-order chi connectivity index (χ1) is 14.8. The molecule has 3 aliphatic rings. The minimum absolute atomic E-state index is 0. The third-order valence-corrected chi connectivity index (χ3v) is 7.82. The second-order valence-electron chi connectivity index (χ2n) is 11.2. The highest BCUT2D eigenvalue weighted by atomic mass is 19.1. The Balaban J connectivity index is -0.00000218. The zero-order valence-corrected chi connectivity index (χ0v) is 22.4. The van der Waals surface area contributed by atoms with Crippen molar-refractivity contribution in [1.82, 2.24) is 10.2 Å². The molecule has 1 saturated heterocycles. The van der Waals surface area contributed by atoms with E-state index in [9.17, 15) is 4.39 Å². The van der Waals surface area contributed by atoms with Crippen molar-refractivity contribution in [1.29, 1.82) is 0 Å². The summed E-state index contributed by atoms with van der Waals surface area (Å²) in [7, 11) is 1.80. The molecule has 2 aliphatic carbocycles. The van der Waals surface area contributed by atoms with E-state index in [1.807, 2.05) is 0 Å². The third-order valence-electron chi connectivity index (χ3n) is 7.82. The number of allylic oxidation sites excluding steroid dienone is 5. The van der Waals surface area contributed by atoms with Gasteiger partial charge in [0.1, 0.15) is 5.83 Å². The molecule has 0 aromatic carbocycles. The summed E-state index contributed by atoms with van der Waals surface area (Å²) < 4.78 is 18.8. The molecule has 8 heteroatoms. The van der Waals surface area contributed by atoms with Gasteiger partial charge in [-0.1, -0.05) is 53.3 Å². The predicted octanol–water partition coefficient (Wildman–Crippen LogP) is 2.94. The van der Waals surface area contributed by atoms with Crippen LogP contribution in [0, 0.1) is 35.0 Å². The fraction of sp³-hybridized carbons (Fsp3) is 0.786. The summed E-state index contributed by atoms with van der Waals surface area (Å²) in [6.07, 6.45) is 14.7. The molecule has 3 rings (SSSR count). The molecular formula is C28H57FN2O5. The van der Waals surface area contributed by atoms with Crippen LogP contribution in [0.4, 0.5) is 4.39 Å². The van der Waals surface area contributed by atoms with E-state index in [4.69, 9.17) is 4.74 Å². The lowest BCUT2D eigenvalue weighted by atomic mass is 9.66. The Bertz CT molecular complexity index is 668. The molecule has 7 nitrogen and oxygen atoms in total. The van der Waals surface area contributed by atoms with E-state index < -0.39 is 0 Å². The first-order valence-corrected chi connectivity index (χ1v) is 12.4. The number of methoxy groups -OCH3 is 1. The lowest BCUT2D eigenvalue weighted by Crippen LogP contribution is -2.53. The van der Waals surface area contributed by atoms with Gasteiger partial charge in [0, 0.05) is 32.2 Å². The highest BCUT2D eigenvalue weighted by Crippen LogP contribution is 2.43. The molecule has 0 spiro atoms. The second-order valence-corrected chi connectivity index (χ2v) is 11.2. The minimum Gasteiger partial charge on any atom is -0.412 e. The maximum absolute atomic E-state index is 13.4. The number of rotatable bonds is 9. The normalized spacial score (nSPS) is 27.8. The van der Waals surface area contributed by atoms with Gasteiger partial charge in [0.25, 0.3) is 0 Å². The summed E-state index contributed by atoms with van der Waals surface area (Å²) in [5, 5.41) is 3.93. The molecule has 216 valence electrons. The Kier molecular flexibility index (Phi) is 19.9. The van der Waals surface area contributed by atoms with Gasteiger partial charge in [0.2, 0.25) is 0 Å². The van der Waals surface area contributed by atoms with E-state index in [0.717, 1.165) is 39.2 Å². The highest BCUT2D eigenvalue weighted by Gasteiger charge is 2.40. The number of likely N-dealkylation sites (tertiary alicyclic amines) is 1. The molecule has 5 atom stereocenters. The van der Waals surface area contributed by atoms with E-state index in [1.54, 1.807) is 19.3 Å². The largest absolute Gasteiger partial charge is 0.412 e. The first-order valence-electron chi connectivity index (χ1n) is 12.4. The van der Waals surface area contributed by atoms with Crippen LogP contribution < -0.4 is 5.32 Å². The molecule has 36 heavy (non-hydrogen) atoms.